The van der Waals surface area contributed by atoms with Crippen molar-refractivity contribution in [3.05, 3.63) is 48.0 Å². The molecule has 1 fully saturated rings. The van der Waals surface area contributed by atoms with Gasteiger partial charge in [-0.3, -0.25) is 29.0 Å². The van der Waals surface area contributed by atoms with Gasteiger partial charge in [-0.05, 0) is 41.8 Å². The minimum absolute atomic E-state index is 0.0307. The molecule has 0 unspecified atom stereocenters. The van der Waals surface area contributed by atoms with Crippen LogP contribution in [0.4, 0.5) is 4.79 Å². The molecule has 14 heteroatoms. The van der Waals surface area contributed by atoms with Crippen LogP contribution in [-0.4, -0.2) is 85.3 Å². The number of carbonyl (C=O) groups is 5. The summed E-state index contributed by atoms with van der Waals surface area (Å²) in [5.41, 5.74) is 0.607. The number of ketones is 1. The first kappa shape index (κ1) is 41.4. The third-order valence-corrected chi connectivity index (χ3v) is 9.53. The van der Waals surface area contributed by atoms with Gasteiger partial charge in [-0.25, -0.2) is 9.69 Å². The summed E-state index contributed by atoms with van der Waals surface area (Å²) in [5.74, 6) is -1.84. The van der Waals surface area contributed by atoms with Gasteiger partial charge >= 0.3 is 11.2 Å². The number of carbonyl (C=O) groups excluding carboxylic acids is 5. The Morgan fingerprint density at radius 1 is 0.863 bits per heavy atom. The maximum atomic E-state index is 13.3. The largest absolute Gasteiger partial charge is 0.460 e. The number of hydrogen-bond donors (Lipinski definition) is 1. The summed E-state index contributed by atoms with van der Waals surface area (Å²) in [6.45, 7) is 6.57. The van der Waals surface area contributed by atoms with Crippen molar-refractivity contribution in [3.63, 3.8) is 0 Å². The number of esters is 1. The Hall–Kier alpha value is -4.07. The minimum Gasteiger partial charge on any atom is -0.460 e. The van der Waals surface area contributed by atoms with E-state index in [9.17, 15) is 24.0 Å². The lowest BCUT2D eigenvalue weighted by Gasteiger charge is -2.37. The molecule has 1 aliphatic heterocycles. The lowest BCUT2D eigenvalue weighted by Crippen LogP contribution is -2.52. The Kier molecular flexibility index (Phi) is 19.6. The lowest BCUT2D eigenvalue weighted by atomic mass is 10.0. The first-order valence-corrected chi connectivity index (χ1v) is 19.4. The van der Waals surface area contributed by atoms with Gasteiger partial charge in [0.1, 0.15) is 13.2 Å². The van der Waals surface area contributed by atoms with Gasteiger partial charge in [-0.2, -0.15) is 0 Å². The third kappa shape index (κ3) is 15.4. The number of amides is 3. The van der Waals surface area contributed by atoms with Gasteiger partial charge in [0.05, 0.1) is 6.42 Å². The summed E-state index contributed by atoms with van der Waals surface area (Å²) in [6, 6.07) is 6.36. The SMILES string of the molecule is C=CCOC(=O)Cn1nnnc1SC(=O)N1CCCCN1C(=O)CC(=O)c1cccc(C(=O)NCCCCCCCCCCCCCCCC)c1. The van der Waals surface area contributed by atoms with Crippen molar-refractivity contribution in [2.45, 2.75) is 128 Å². The summed E-state index contributed by atoms with van der Waals surface area (Å²) in [7, 11) is 0. The van der Waals surface area contributed by atoms with E-state index in [1.165, 1.54) is 92.8 Å². The molecule has 2 aromatic rings. The van der Waals surface area contributed by atoms with E-state index in [0.29, 0.717) is 36.7 Å². The number of aromatic nitrogens is 4. The maximum Gasteiger partial charge on any atom is 0.328 e. The van der Waals surface area contributed by atoms with Crippen LogP contribution in [0.25, 0.3) is 0 Å². The standard InChI is InChI=1S/C37H55N7O6S/c1-3-5-6-7-8-9-10-11-12-13-14-15-16-17-23-38-35(48)31-22-20-21-30(27-31)32(45)28-33(46)43-24-18-19-25-44(43)37(49)51-36-39-40-41-42(36)29-34(47)50-26-4-2/h4,20-22,27H,2-3,5-19,23-26,28-29H2,1H3,(H,38,48). The summed E-state index contributed by atoms with van der Waals surface area (Å²) in [5, 5.41) is 16.1. The molecular formula is C37H55N7O6S. The molecule has 1 aromatic carbocycles. The van der Waals surface area contributed by atoms with Crippen LogP contribution < -0.4 is 5.32 Å². The number of rotatable bonds is 24. The van der Waals surface area contributed by atoms with Gasteiger partial charge in [-0.1, -0.05) is 115 Å². The monoisotopic (exact) mass is 725 g/mol. The molecule has 1 saturated heterocycles. The number of tetrazole rings is 1. The van der Waals surface area contributed by atoms with Gasteiger partial charge in [0, 0.05) is 42.5 Å². The van der Waals surface area contributed by atoms with E-state index in [2.05, 4.69) is 34.3 Å². The normalized spacial score (nSPS) is 12.8. The van der Waals surface area contributed by atoms with Crippen LogP contribution in [0.2, 0.25) is 0 Å². The van der Waals surface area contributed by atoms with Crippen molar-refractivity contribution < 1.29 is 28.7 Å². The number of hydrazine groups is 1. The zero-order valence-electron chi connectivity index (χ0n) is 30.2. The van der Waals surface area contributed by atoms with Crippen LogP contribution in [0, 0.1) is 0 Å². The molecule has 0 bridgehead atoms. The molecule has 0 saturated carbocycles. The maximum absolute atomic E-state index is 13.3. The Balaban J connectivity index is 1.38. The molecule has 13 nitrogen and oxygen atoms in total. The van der Waals surface area contributed by atoms with Crippen LogP contribution in [0.1, 0.15) is 137 Å². The Labute approximate surface area is 306 Å². The molecule has 0 spiro atoms. The van der Waals surface area contributed by atoms with E-state index >= 15 is 0 Å². The fraction of sp³-hybridized carbons (Fsp3) is 0.622. The molecule has 0 aliphatic carbocycles. The average molecular weight is 726 g/mol. The highest BCUT2D eigenvalue weighted by Gasteiger charge is 2.32. The molecule has 1 N–H and O–H groups in total. The molecule has 3 amide bonds. The van der Waals surface area contributed by atoms with Gasteiger partial charge in [0.2, 0.25) is 11.1 Å². The fourth-order valence-corrected chi connectivity index (χ4v) is 6.56. The molecule has 0 radical (unpaired) electrons. The van der Waals surface area contributed by atoms with Gasteiger partial charge in [0.15, 0.2) is 5.78 Å². The number of thioether (sulfide) groups is 1. The first-order valence-electron chi connectivity index (χ1n) is 18.6. The number of benzene rings is 1. The van der Waals surface area contributed by atoms with Crippen molar-refractivity contribution >= 4 is 40.6 Å². The zero-order chi connectivity index (χ0) is 36.7. The fourth-order valence-electron chi connectivity index (χ4n) is 5.82. The smallest absolute Gasteiger partial charge is 0.328 e. The Bertz CT molecular complexity index is 1420. The van der Waals surface area contributed by atoms with E-state index in [1.54, 1.807) is 18.2 Å². The number of hydrogen-bond acceptors (Lipinski definition) is 10. The van der Waals surface area contributed by atoms with Crippen LogP contribution in [-0.2, 0) is 20.9 Å². The highest BCUT2D eigenvalue weighted by Crippen LogP contribution is 2.24. The predicted molar refractivity (Wildman–Crippen MR) is 196 cm³/mol. The number of nitrogens with zero attached hydrogens (tertiary/aromatic N) is 6. The number of unbranched alkanes of at least 4 members (excludes halogenated alkanes) is 13. The molecule has 3 rings (SSSR count). The van der Waals surface area contributed by atoms with Crippen LogP contribution in [0.3, 0.4) is 0 Å². The molecule has 2 heterocycles. The third-order valence-electron chi connectivity index (χ3n) is 8.67. The van der Waals surface area contributed by atoms with Crippen molar-refractivity contribution in [2.24, 2.45) is 0 Å². The second kappa shape index (κ2) is 24.2. The minimum atomic E-state index is -0.601. The second-order valence-electron chi connectivity index (χ2n) is 12.8. The zero-order valence-corrected chi connectivity index (χ0v) is 31.0. The summed E-state index contributed by atoms with van der Waals surface area (Å²) in [4.78, 5) is 64.5. The number of nitrogens with one attached hydrogen (secondary N) is 1. The first-order chi connectivity index (χ1) is 24.8. The predicted octanol–water partition coefficient (Wildman–Crippen LogP) is 6.94. The summed E-state index contributed by atoms with van der Waals surface area (Å²) in [6.07, 6.45) is 20.1. The van der Waals surface area contributed by atoms with E-state index in [1.807, 2.05) is 0 Å². The van der Waals surface area contributed by atoms with E-state index in [-0.39, 0.29) is 42.9 Å². The Morgan fingerprint density at radius 3 is 2.12 bits per heavy atom. The lowest BCUT2D eigenvalue weighted by molar-refractivity contribution is -0.145. The molecule has 280 valence electrons. The topological polar surface area (TPSA) is 157 Å². The van der Waals surface area contributed by atoms with E-state index < -0.39 is 29.3 Å². The highest BCUT2D eigenvalue weighted by molar-refractivity contribution is 8.13. The number of Topliss-reactive ketones (excluding diaryl/α,β-unsaturated/α-hetero) is 1. The van der Waals surface area contributed by atoms with Crippen LogP contribution >= 0.6 is 11.8 Å². The quantitative estimate of drug-likeness (QED) is 0.0300. The van der Waals surface area contributed by atoms with Crippen LogP contribution in [0.15, 0.2) is 42.1 Å². The van der Waals surface area contributed by atoms with Crippen molar-refractivity contribution in [3.8, 4) is 0 Å². The van der Waals surface area contributed by atoms with Gasteiger partial charge in [-0.15, -0.1) is 5.10 Å². The second-order valence-corrected chi connectivity index (χ2v) is 13.8. The van der Waals surface area contributed by atoms with Crippen molar-refractivity contribution in [1.82, 2.24) is 35.5 Å². The Morgan fingerprint density at radius 2 is 1.47 bits per heavy atom. The van der Waals surface area contributed by atoms with Gasteiger partial charge in [0.25, 0.3) is 5.91 Å². The summed E-state index contributed by atoms with van der Waals surface area (Å²) < 4.78 is 6.09. The number of ether oxygens (including phenoxy) is 1. The van der Waals surface area contributed by atoms with Crippen LogP contribution in [0.5, 0.6) is 0 Å². The van der Waals surface area contributed by atoms with Crippen molar-refractivity contribution in [2.75, 3.05) is 26.2 Å². The molecule has 1 aromatic heterocycles. The molecule has 1 aliphatic rings. The molecule has 0 atom stereocenters. The van der Waals surface area contributed by atoms with Crippen molar-refractivity contribution in [1.29, 1.82) is 0 Å². The van der Waals surface area contributed by atoms with E-state index in [0.717, 1.165) is 23.9 Å². The molecule has 51 heavy (non-hydrogen) atoms. The van der Waals surface area contributed by atoms with Gasteiger partial charge < -0.3 is 10.1 Å². The highest BCUT2D eigenvalue weighted by atomic mass is 32.2. The average Bonchev–Trinajstić information content (AvgIpc) is 3.57. The summed E-state index contributed by atoms with van der Waals surface area (Å²) >= 11 is 0.671. The van der Waals surface area contributed by atoms with E-state index in [4.69, 9.17) is 4.74 Å². The molecular weight excluding hydrogens is 671 g/mol.